The number of nitrogens with one attached hydrogen (secondary N) is 1. The first-order valence-electron chi connectivity index (χ1n) is 9.19. The Labute approximate surface area is 168 Å². The number of rotatable bonds is 5. The van der Waals surface area contributed by atoms with E-state index in [-0.39, 0.29) is 5.15 Å². The number of imidazole rings is 1. The summed E-state index contributed by atoms with van der Waals surface area (Å²) in [6.07, 6.45) is 7.53. The zero-order chi connectivity index (χ0) is 20.1. The number of ether oxygens (including phenoxy) is 1. The van der Waals surface area contributed by atoms with Crippen LogP contribution in [0.4, 0.5) is 0 Å². The van der Waals surface area contributed by atoms with Crippen LogP contribution >= 0.6 is 11.6 Å². The van der Waals surface area contributed by atoms with E-state index in [9.17, 15) is 14.9 Å². The molecule has 2 heterocycles. The molecule has 0 unspecified atom stereocenters. The average Bonchev–Trinajstić information content (AvgIpc) is 3.02. The number of nitriles is 1. The van der Waals surface area contributed by atoms with Gasteiger partial charge in [-0.3, -0.25) is 9.20 Å². The smallest absolute Gasteiger partial charge is 0.331 e. The van der Waals surface area contributed by atoms with E-state index in [2.05, 4.69) is 16.4 Å². The summed E-state index contributed by atoms with van der Waals surface area (Å²) < 4.78 is 6.91. The number of carbonyl (C=O) groups is 2. The molecule has 1 atom stereocenters. The number of pyridine rings is 1. The van der Waals surface area contributed by atoms with Gasteiger partial charge in [-0.05, 0) is 38.0 Å². The predicted molar refractivity (Wildman–Crippen MR) is 104 cm³/mol. The number of amides is 1. The Morgan fingerprint density at radius 1 is 1.39 bits per heavy atom. The second-order valence-electron chi connectivity index (χ2n) is 6.87. The minimum Gasteiger partial charge on any atom is -0.449 e. The predicted octanol–water partition coefficient (Wildman–Crippen LogP) is 3.28. The van der Waals surface area contributed by atoms with Gasteiger partial charge in [0, 0.05) is 12.3 Å². The molecule has 0 spiro atoms. The Hall–Kier alpha value is -2.85. The van der Waals surface area contributed by atoms with Gasteiger partial charge in [0.05, 0.1) is 11.8 Å². The molecule has 1 fully saturated rings. The van der Waals surface area contributed by atoms with Crippen molar-refractivity contribution in [3.63, 3.8) is 0 Å². The highest BCUT2D eigenvalue weighted by Gasteiger charge is 2.35. The number of esters is 1. The number of hydrogen-bond donors (Lipinski definition) is 1. The Bertz CT molecular complexity index is 954. The third-order valence-corrected chi connectivity index (χ3v) is 5.12. The maximum atomic E-state index is 12.4. The quantitative estimate of drug-likeness (QED) is 0.613. The molecule has 0 aliphatic heterocycles. The lowest BCUT2D eigenvalue weighted by atomic mass is 9.83. The van der Waals surface area contributed by atoms with Crippen LogP contribution in [0.1, 0.15) is 44.7 Å². The highest BCUT2D eigenvalue weighted by atomic mass is 35.5. The van der Waals surface area contributed by atoms with Crippen LogP contribution in [0.2, 0.25) is 5.15 Å². The van der Waals surface area contributed by atoms with Crippen molar-refractivity contribution in [2.45, 2.75) is 50.7 Å². The van der Waals surface area contributed by atoms with Gasteiger partial charge in [0.1, 0.15) is 11.2 Å². The van der Waals surface area contributed by atoms with Crippen molar-refractivity contribution < 1.29 is 14.3 Å². The van der Waals surface area contributed by atoms with Crippen LogP contribution in [0.15, 0.2) is 30.5 Å². The number of nitrogens with zero attached hydrogens (tertiary/aromatic N) is 3. The van der Waals surface area contributed by atoms with Crippen molar-refractivity contribution in [3.8, 4) is 6.07 Å². The van der Waals surface area contributed by atoms with Crippen LogP contribution in [0.25, 0.3) is 11.7 Å². The Balaban J connectivity index is 1.62. The first-order valence-corrected chi connectivity index (χ1v) is 9.56. The lowest BCUT2D eigenvalue weighted by Crippen LogP contribution is -2.52. The Morgan fingerprint density at radius 3 is 2.86 bits per heavy atom. The molecule has 1 N–H and O–H groups in total. The third-order valence-electron chi connectivity index (χ3n) is 4.85. The summed E-state index contributed by atoms with van der Waals surface area (Å²) in [5, 5.41) is 12.5. The summed E-state index contributed by atoms with van der Waals surface area (Å²) >= 11 is 6.12. The van der Waals surface area contributed by atoms with Crippen LogP contribution in [-0.2, 0) is 14.3 Å². The van der Waals surface area contributed by atoms with E-state index >= 15 is 0 Å². The van der Waals surface area contributed by atoms with Gasteiger partial charge in [-0.25, -0.2) is 9.78 Å². The molecule has 1 amide bonds. The summed E-state index contributed by atoms with van der Waals surface area (Å²) in [5.74, 6) is -1.16. The molecule has 0 aromatic carbocycles. The normalized spacial score (nSPS) is 17.2. The maximum Gasteiger partial charge on any atom is 0.331 e. The van der Waals surface area contributed by atoms with Gasteiger partial charge in [-0.1, -0.05) is 36.9 Å². The first-order chi connectivity index (χ1) is 13.4. The minimum absolute atomic E-state index is 0.259. The third kappa shape index (κ3) is 4.34. The van der Waals surface area contributed by atoms with E-state index < -0.39 is 23.5 Å². The van der Waals surface area contributed by atoms with E-state index in [1.165, 1.54) is 19.1 Å². The van der Waals surface area contributed by atoms with Gasteiger partial charge < -0.3 is 10.1 Å². The number of carbonyl (C=O) groups excluding carboxylic acids is 2. The monoisotopic (exact) mass is 400 g/mol. The van der Waals surface area contributed by atoms with Gasteiger partial charge in [-0.2, -0.15) is 5.26 Å². The molecule has 1 saturated carbocycles. The van der Waals surface area contributed by atoms with Crippen LogP contribution in [0.3, 0.4) is 0 Å². The highest BCUT2D eigenvalue weighted by Crippen LogP contribution is 2.27. The van der Waals surface area contributed by atoms with Gasteiger partial charge in [0.2, 0.25) is 0 Å². The van der Waals surface area contributed by atoms with Crippen molar-refractivity contribution >= 4 is 35.2 Å². The standard InChI is InChI=1S/C20H21ClN4O3/c1-14(19(27)24-20(13-22)10-4-2-5-11-20)28-17(26)9-8-15-18(21)23-16-7-3-6-12-25(15)16/h3,6-9,12,14H,2,4-5,10-11H2,1H3,(H,24,27)/b9-8+/t14-/m0/s1. The highest BCUT2D eigenvalue weighted by molar-refractivity contribution is 6.31. The van der Waals surface area contributed by atoms with Crippen LogP contribution in [0, 0.1) is 11.3 Å². The first kappa shape index (κ1) is 19.9. The van der Waals surface area contributed by atoms with Gasteiger partial charge in [-0.15, -0.1) is 0 Å². The number of fused-ring (bicyclic) bond motifs is 1. The SMILES string of the molecule is C[C@H](OC(=O)/C=C/c1c(Cl)nc2ccccn12)C(=O)NC1(C#N)CCCCC1. The van der Waals surface area contributed by atoms with Crippen LogP contribution in [0.5, 0.6) is 0 Å². The Morgan fingerprint density at radius 2 is 2.14 bits per heavy atom. The van der Waals surface area contributed by atoms with Crippen molar-refractivity contribution in [2.75, 3.05) is 0 Å². The van der Waals surface area contributed by atoms with Crippen LogP contribution in [-0.4, -0.2) is 32.9 Å². The summed E-state index contributed by atoms with van der Waals surface area (Å²) in [5.41, 5.74) is 0.329. The molecular weight excluding hydrogens is 380 g/mol. The zero-order valence-corrected chi connectivity index (χ0v) is 16.3. The molecule has 146 valence electrons. The van der Waals surface area contributed by atoms with Gasteiger partial charge in [0.15, 0.2) is 11.3 Å². The topological polar surface area (TPSA) is 96.5 Å². The van der Waals surface area contributed by atoms with E-state index in [4.69, 9.17) is 16.3 Å². The molecule has 28 heavy (non-hydrogen) atoms. The molecule has 1 aliphatic rings. The zero-order valence-electron chi connectivity index (χ0n) is 15.5. The van der Waals surface area contributed by atoms with Gasteiger partial charge >= 0.3 is 5.97 Å². The fourth-order valence-electron chi connectivity index (χ4n) is 3.31. The molecule has 3 rings (SSSR count). The lowest BCUT2D eigenvalue weighted by Gasteiger charge is -2.32. The second kappa shape index (κ2) is 8.44. The fourth-order valence-corrected chi connectivity index (χ4v) is 3.55. The minimum atomic E-state index is -1.01. The summed E-state index contributed by atoms with van der Waals surface area (Å²) in [7, 11) is 0. The van der Waals surface area contributed by atoms with Gasteiger partial charge in [0.25, 0.3) is 5.91 Å². The van der Waals surface area contributed by atoms with E-state index in [0.717, 1.165) is 19.3 Å². The van der Waals surface area contributed by atoms with E-state index in [1.54, 1.807) is 16.7 Å². The summed E-state index contributed by atoms with van der Waals surface area (Å²) in [6, 6.07) is 7.67. The maximum absolute atomic E-state index is 12.4. The number of halogens is 1. The van der Waals surface area contributed by atoms with Crippen molar-refractivity contribution in [2.24, 2.45) is 0 Å². The molecule has 2 aromatic rings. The second-order valence-corrected chi connectivity index (χ2v) is 7.23. The van der Waals surface area contributed by atoms with Crippen molar-refractivity contribution in [1.29, 1.82) is 5.26 Å². The molecule has 0 radical (unpaired) electrons. The number of hydrogen-bond acceptors (Lipinski definition) is 5. The molecular formula is C20H21ClN4O3. The molecule has 8 heteroatoms. The van der Waals surface area contributed by atoms with Crippen molar-refractivity contribution in [1.82, 2.24) is 14.7 Å². The molecule has 0 saturated heterocycles. The van der Waals surface area contributed by atoms with E-state index in [1.807, 2.05) is 12.1 Å². The van der Waals surface area contributed by atoms with Crippen LogP contribution < -0.4 is 5.32 Å². The van der Waals surface area contributed by atoms with E-state index in [0.29, 0.717) is 24.2 Å². The molecule has 0 bridgehead atoms. The molecule has 7 nitrogen and oxygen atoms in total. The lowest BCUT2D eigenvalue weighted by molar-refractivity contribution is -0.150. The fraction of sp³-hybridized carbons (Fsp3) is 0.400. The molecule has 1 aliphatic carbocycles. The molecule has 2 aromatic heterocycles. The summed E-state index contributed by atoms with van der Waals surface area (Å²) in [4.78, 5) is 28.7. The Kier molecular flexibility index (Phi) is 6.00. The number of aromatic nitrogens is 2. The largest absolute Gasteiger partial charge is 0.449 e. The van der Waals surface area contributed by atoms with Crippen molar-refractivity contribution in [3.05, 3.63) is 41.3 Å². The summed E-state index contributed by atoms with van der Waals surface area (Å²) in [6.45, 7) is 1.48. The average molecular weight is 401 g/mol.